The minimum absolute atomic E-state index is 0.0759. The zero-order valence-corrected chi connectivity index (χ0v) is 20.2. The van der Waals surface area contributed by atoms with Gasteiger partial charge >= 0.3 is 0 Å². The molecule has 2 aromatic heterocycles. The molecular weight excluding hydrogens is 456 g/mol. The maximum Gasteiger partial charge on any atom is 0.255 e. The van der Waals surface area contributed by atoms with E-state index < -0.39 is 0 Å². The van der Waals surface area contributed by atoms with Gasteiger partial charge in [0, 0.05) is 16.5 Å². The van der Waals surface area contributed by atoms with Gasteiger partial charge in [0.1, 0.15) is 5.75 Å². The number of anilines is 1. The number of carbonyl (C=O) groups is 1. The number of aryl methyl sites for hydroxylation is 1. The first-order valence-corrected chi connectivity index (χ1v) is 12.3. The van der Waals surface area contributed by atoms with Gasteiger partial charge in [-0.1, -0.05) is 53.4 Å². The van der Waals surface area contributed by atoms with E-state index in [9.17, 15) is 9.59 Å². The highest BCUT2D eigenvalue weighted by atomic mass is 32.2. The molecule has 2 N–H and O–H groups in total. The standard InChI is InChI=1S/C24H24N4O3S2/c1-4-31-17-10-11-19-20(12-17)33-24(26-19)27-21(29)13-18-14(2)25-23(28-22(18)30)32-15(3)16-8-6-5-7-9-16/h5-12,15H,4,13H2,1-3H3,(H,25,28,30)(H,26,27,29)/t15-/m0/s1. The minimum atomic E-state index is -0.312. The molecule has 33 heavy (non-hydrogen) atoms. The molecule has 0 spiro atoms. The van der Waals surface area contributed by atoms with Crippen molar-refractivity contribution in [2.24, 2.45) is 0 Å². The van der Waals surface area contributed by atoms with Crippen LogP contribution in [0.1, 0.15) is 35.9 Å². The lowest BCUT2D eigenvalue weighted by Gasteiger charge is -2.12. The number of nitrogens with zero attached hydrogens (tertiary/aromatic N) is 2. The van der Waals surface area contributed by atoms with Crippen molar-refractivity contribution in [2.75, 3.05) is 11.9 Å². The molecule has 0 saturated carbocycles. The molecule has 0 bridgehead atoms. The Balaban J connectivity index is 1.44. The lowest BCUT2D eigenvalue weighted by atomic mass is 10.1. The number of thioether (sulfide) groups is 1. The van der Waals surface area contributed by atoms with E-state index in [1.165, 1.54) is 23.1 Å². The summed E-state index contributed by atoms with van der Waals surface area (Å²) in [6, 6.07) is 15.6. The lowest BCUT2D eigenvalue weighted by molar-refractivity contribution is -0.115. The second-order valence-electron chi connectivity index (χ2n) is 7.41. The van der Waals surface area contributed by atoms with Crippen molar-refractivity contribution >= 4 is 44.4 Å². The zero-order chi connectivity index (χ0) is 23.4. The van der Waals surface area contributed by atoms with E-state index in [0.717, 1.165) is 21.5 Å². The number of rotatable bonds is 8. The molecular formula is C24H24N4O3S2. The van der Waals surface area contributed by atoms with Gasteiger partial charge in [-0.3, -0.25) is 9.59 Å². The van der Waals surface area contributed by atoms with Crippen molar-refractivity contribution in [2.45, 2.75) is 37.6 Å². The maximum atomic E-state index is 12.7. The van der Waals surface area contributed by atoms with E-state index >= 15 is 0 Å². The normalized spacial score (nSPS) is 12.0. The molecule has 0 aliphatic carbocycles. The second kappa shape index (κ2) is 10.2. The van der Waals surface area contributed by atoms with E-state index in [0.29, 0.717) is 28.2 Å². The summed E-state index contributed by atoms with van der Waals surface area (Å²) in [7, 11) is 0. The molecule has 0 fully saturated rings. The fraction of sp³-hybridized carbons (Fsp3) is 0.250. The fourth-order valence-corrected chi connectivity index (χ4v) is 5.23. The Bertz CT molecular complexity index is 1330. The minimum Gasteiger partial charge on any atom is -0.494 e. The molecule has 7 nitrogen and oxygen atoms in total. The summed E-state index contributed by atoms with van der Waals surface area (Å²) in [6.07, 6.45) is -0.0759. The molecule has 0 saturated heterocycles. The number of fused-ring (bicyclic) bond motifs is 1. The molecule has 2 heterocycles. The smallest absolute Gasteiger partial charge is 0.255 e. The van der Waals surface area contributed by atoms with Crippen LogP contribution < -0.4 is 15.6 Å². The molecule has 4 rings (SSSR count). The van der Waals surface area contributed by atoms with Crippen molar-refractivity contribution in [1.29, 1.82) is 0 Å². The Labute approximate surface area is 199 Å². The number of amides is 1. The number of nitrogens with one attached hydrogen (secondary N) is 2. The van der Waals surface area contributed by atoms with Gasteiger partial charge in [0.05, 0.1) is 23.2 Å². The Morgan fingerprint density at radius 2 is 2.00 bits per heavy atom. The number of thiazole rings is 1. The van der Waals surface area contributed by atoms with E-state index in [2.05, 4.69) is 27.2 Å². The summed E-state index contributed by atoms with van der Waals surface area (Å²) in [5.74, 6) is 0.451. The maximum absolute atomic E-state index is 12.7. The summed E-state index contributed by atoms with van der Waals surface area (Å²) < 4.78 is 6.43. The van der Waals surface area contributed by atoms with Crippen LogP contribution in [-0.2, 0) is 11.2 Å². The van der Waals surface area contributed by atoms with Crippen LogP contribution in [0.2, 0.25) is 0 Å². The summed E-state index contributed by atoms with van der Waals surface area (Å²) in [5, 5.41) is 3.94. The van der Waals surface area contributed by atoms with Crippen molar-refractivity contribution in [3.63, 3.8) is 0 Å². The topological polar surface area (TPSA) is 97.0 Å². The van der Waals surface area contributed by atoms with E-state index in [-0.39, 0.29) is 23.1 Å². The van der Waals surface area contributed by atoms with Crippen molar-refractivity contribution in [3.05, 3.63) is 75.7 Å². The fourth-order valence-electron chi connectivity index (χ4n) is 3.35. The van der Waals surface area contributed by atoms with Crippen LogP contribution >= 0.6 is 23.1 Å². The predicted molar refractivity (Wildman–Crippen MR) is 133 cm³/mol. The van der Waals surface area contributed by atoms with Gasteiger partial charge in [0.15, 0.2) is 10.3 Å². The van der Waals surface area contributed by atoms with E-state index in [1.54, 1.807) is 6.92 Å². The molecule has 1 atom stereocenters. The van der Waals surface area contributed by atoms with Crippen molar-refractivity contribution in [3.8, 4) is 5.75 Å². The molecule has 0 radical (unpaired) electrons. The third-order valence-corrected chi connectivity index (χ3v) is 6.99. The largest absolute Gasteiger partial charge is 0.494 e. The number of hydrogen-bond donors (Lipinski definition) is 2. The molecule has 170 valence electrons. The van der Waals surface area contributed by atoms with Gasteiger partial charge in [0.2, 0.25) is 5.91 Å². The van der Waals surface area contributed by atoms with Gasteiger partial charge in [-0.25, -0.2) is 9.97 Å². The van der Waals surface area contributed by atoms with Crippen molar-refractivity contribution in [1.82, 2.24) is 15.0 Å². The van der Waals surface area contributed by atoms with Crippen LogP contribution in [0.5, 0.6) is 5.75 Å². The molecule has 0 unspecified atom stereocenters. The van der Waals surface area contributed by atoms with Gasteiger partial charge in [-0.15, -0.1) is 0 Å². The number of aromatic amines is 1. The average molecular weight is 481 g/mol. The van der Waals surface area contributed by atoms with Crippen LogP contribution in [0.4, 0.5) is 5.13 Å². The van der Waals surface area contributed by atoms with E-state index in [1.807, 2.05) is 55.5 Å². The monoisotopic (exact) mass is 480 g/mol. The van der Waals surface area contributed by atoms with Crippen LogP contribution in [-0.4, -0.2) is 27.5 Å². The number of ether oxygens (including phenoxy) is 1. The summed E-state index contributed by atoms with van der Waals surface area (Å²) in [6.45, 7) is 6.32. The third-order valence-electron chi connectivity index (χ3n) is 5.01. The number of aromatic nitrogens is 3. The quantitative estimate of drug-likeness (QED) is 0.268. The molecule has 0 aliphatic rings. The van der Waals surface area contributed by atoms with Crippen LogP contribution in [0.15, 0.2) is 58.5 Å². The summed E-state index contributed by atoms with van der Waals surface area (Å²) in [5.41, 5.74) is 2.52. The first-order chi connectivity index (χ1) is 15.9. The Morgan fingerprint density at radius 1 is 1.21 bits per heavy atom. The molecule has 1 amide bonds. The number of carbonyl (C=O) groups excluding carboxylic acids is 1. The van der Waals surface area contributed by atoms with E-state index in [4.69, 9.17) is 4.74 Å². The summed E-state index contributed by atoms with van der Waals surface area (Å²) in [4.78, 5) is 37.1. The van der Waals surface area contributed by atoms with Crippen LogP contribution in [0.25, 0.3) is 10.2 Å². The Kier molecular flexibility index (Phi) is 7.10. The van der Waals surface area contributed by atoms with Gasteiger partial charge in [-0.2, -0.15) is 0 Å². The summed E-state index contributed by atoms with van der Waals surface area (Å²) >= 11 is 2.84. The Hall–Kier alpha value is -3.17. The number of benzene rings is 2. The molecule has 2 aromatic carbocycles. The highest BCUT2D eigenvalue weighted by Gasteiger charge is 2.16. The van der Waals surface area contributed by atoms with Crippen LogP contribution in [0, 0.1) is 6.92 Å². The van der Waals surface area contributed by atoms with Gasteiger partial charge in [0.25, 0.3) is 5.56 Å². The zero-order valence-electron chi connectivity index (χ0n) is 18.5. The molecule has 4 aromatic rings. The predicted octanol–water partition coefficient (Wildman–Crippen LogP) is 5.12. The molecule has 0 aliphatic heterocycles. The van der Waals surface area contributed by atoms with Crippen LogP contribution in [0.3, 0.4) is 0 Å². The third kappa shape index (κ3) is 5.61. The number of H-pyrrole nitrogens is 1. The first kappa shape index (κ1) is 23.0. The van der Waals surface area contributed by atoms with Gasteiger partial charge in [-0.05, 0) is 44.5 Å². The Morgan fingerprint density at radius 3 is 2.73 bits per heavy atom. The highest BCUT2D eigenvalue weighted by Crippen LogP contribution is 2.32. The molecule has 9 heteroatoms. The number of hydrogen-bond acceptors (Lipinski definition) is 7. The highest BCUT2D eigenvalue weighted by molar-refractivity contribution is 7.99. The van der Waals surface area contributed by atoms with Gasteiger partial charge < -0.3 is 15.0 Å². The first-order valence-electron chi connectivity index (χ1n) is 10.6. The SMILES string of the molecule is CCOc1ccc2nc(NC(=O)Cc3c(C)nc(S[C@@H](C)c4ccccc4)[nH]c3=O)sc2c1. The average Bonchev–Trinajstić information content (AvgIpc) is 3.18. The lowest BCUT2D eigenvalue weighted by Crippen LogP contribution is -2.23. The second-order valence-corrected chi connectivity index (χ2v) is 9.77. The van der Waals surface area contributed by atoms with Crippen molar-refractivity contribution < 1.29 is 9.53 Å².